The molecule has 92 valence electrons. The number of aromatic nitrogens is 5. The molecule has 0 bridgehead atoms. The minimum Gasteiger partial charge on any atom is -0.346 e. The largest absolute Gasteiger partial charge is 0.346 e. The van der Waals surface area contributed by atoms with E-state index in [1.807, 2.05) is 6.20 Å². The van der Waals surface area contributed by atoms with Crippen LogP contribution < -0.4 is 5.32 Å². The fourth-order valence-electron chi connectivity index (χ4n) is 1.79. The molecule has 0 amide bonds. The fourth-order valence-corrected chi connectivity index (χ4v) is 1.79. The van der Waals surface area contributed by atoms with Gasteiger partial charge in [0.25, 0.3) is 0 Å². The molecule has 0 aliphatic carbocycles. The molecule has 6 heteroatoms. The number of aryl methyl sites for hydroxylation is 1. The summed E-state index contributed by atoms with van der Waals surface area (Å²) in [6.07, 6.45) is 4.16. The van der Waals surface area contributed by atoms with E-state index >= 15 is 0 Å². The monoisotopic (exact) mass is 234 g/mol. The lowest BCUT2D eigenvalue weighted by Crippen LogP contribution is -2.17. The zero-order chi connectivity index (χ0) is 12.3. The number of nitrogens with one attached hydrogen (secondary N) is 1. The molecule has 2 rings (SSSR count). The molecule has 1 N–H and O–H groups in total. The molecule has 0 saturated heterocycles. The van der Waals surface area contributed by atoms with E-state index in [4.69, 9.17) is 0 Å². The summed E-state index contributed by atoms with van der Waals surface area (Å²) in [4.78, 5) is 1.47. The summed E-state index contributed by atoms with van der Waals surface area (Å²) in [5.74, 6) is 0.728. The Hall–Kier alpha value is -1.69. The second kappa shape index (κ2) is 5.09. The maximum absolute atomic E-state index is 4.15. The van der Waals surface area contributed by atoms with Crippen LogP contribution in [0.15, 0.2) is 18.5 Å². The standard InChI is InChI=1S/C11H18N6/c1-4-12-9(2)10-5-6-17(7-10)8-11-13-15-16(3)14-11/h5-7,9,12H,4,8H2,1-3H3. The van der Waals surface area contributed by atoms with Gasteiger partial charge in [0.15, 0.2) is 5.82 Å². The van der Waals surface area contributed by atoms with Crippen molar-refractivity contribution in [3.63, 3.8) is 0 Å². The highest BCUT2D eigenvalue weighted by atomic mass is 15.6. The van der Waals surface area contributed by atoms with Crippen LogP contribution in [0.4, 0.5) is 0 Å². The summed E-state index contributed by atoms with van der Waals surface area (Å²) in [7, 11) is 1.77. The van der Waals surface area contributed by atoms with Crippen LogP contribution >= 0.6 is 0 Å². The molecule has 0 radical (unpaired) electrons. The Morgan fingerprint density at radius 3 is 2.94 bits per heavy atom. The summed E-state index contributed by atoms with van der Waals surface area (Å²) in [5.41, 5.74) is 1.27. The van der Waals surface area contributed by atoms with Gasteiger partial charge < -0.3 is 9.88 Å². The van der Waals surface area contributed by atoms with Crippen LogP contribution in [0.25, 0.3) is 0 Å². The molecule has 0 fully saturated rings. The lowest BCUT2D eigenvalue weighted by molar-refractivity contribution is 0.595. The van der Waals surface area contributed by atoms with E-state index in [0.717, 1.165) is 12.4 Å². The Labute approximate surface area is 101 Å². The van der Waals surface area contributed by atoms with Gasteiger partial charge in [-0.2, -0.15) is 4.80 Å². The van der Waals surface area contributed by atoms with Crippen LogP contribution in [0.2, 0.25) is 0 Å². The van der Waals surface area contributed by atoms with Gasteiger partial charge in [0.05, 0.1) is 13.6 Å². The van der Waals surface area contributed by atoms with E-state index in [1.54, 1.807) is 7.05 Å². The van der Waals surface area contributed by atoms with Gasteiger partial charge in [0, 0.05) is 18.4 Å². The highest BCUT2D eigenvalue weighted by molar-refractivity contribution is 5.15. The molecular formula is C11H18N6. The average molecular weight is 234 g/mol. The Morgan fingerprint density at radius 2 is 2.29 bits per heavy atom. The van der Waals surface area contributed by atoms with E-state index in [9.17, 15) is 0 Å². The van der Waals surface area contributed by atoms with Crippen molar-refractivity contribution in [1.82, 2.24) is 30.1 Å². The van der Waals surface area contributed by atoms with Crippen LogP contribution in [0.5, 0.6) is 0 Å². The molecule has 0 aliphatic heterocycles. The summed E-state index contributed by atoms with van der Waals surface area (Å²) >= 11 is 0. The van der Waals surface area contributed by atoms with Crippen molar-refractivity contribution in [2.45, 2.75) is 26.4 Å². The zero-order valence-electron chi connectivity index (χ0n) is 10.5. The predicted molar refractivity (Wildman–Crippen MR) is 64.4 cm³/mol. The lowest BCUT2D eigenvalue weighted by atomic mass is 10.2. The second-order valence-corrected chi connectivity index (χ2v) is 4.09. The van der Waals surface area contributed by atoms with Crippen LogP contribution in [0, 0.1) is 0 Å². The third-order valence-corrected chi connectivity index (χ3v) is 2.66. The minimum absolute atomic E-state index is 0.371. The summed E-state index contributed by atoms with van der Waals surface area (Å²) in [6, 6.07) is 2.49. The van der Waals surface area contributed by atoms with E-state index in [2.05, 4.69) is 51.4 Å². The van der Waals surface area contributed by atoms with Gasteiger partial charge in [-0.15, -0.1) is 10.2 Å². The molecule has 2 aromatic rings. The summed E-state index contributed by atoms with van der Waals surface area (Å²) in [5, 5.41) is 15.3. The summed E-state index contributed by atoms with van der Waals surface area (Å²) in [6.45, 7) is 5.89. The molecule has 0 aromatic carbocycles. The van der Waals surface area contributed by atoms with Crippen molar-refractivity contribution in [3.05, 3.63) is 29.8 Å². The number of tetrazole rings is 1. The molecule has 2 heterocycles. The number of hydrogen-bond acceptors (Lipinski definition) is 4. The molecule has 1 atom stereocenters. The van der Waals surface area contributed by atoms with Gasteiger partial charge in [0.2, 0.25) is 0 Å². The first-order valence-corrected chi connectivity index (χ1v) is 5.81. The predicted octanol–water partition coefficient (Wildman–Crippen LogP) is 0.730. The normalized spacial score (nSPS) is 12.9. The second-order valence-electron chi connectivity index (χ2n) is 4.09. The third kappa shape index (κ3) is 2.91. The van der Waals surface area contributed by atoms with Gasteiger partial charge in [-0.3, -0.25) is 0 Å². The Morgan fingerprint density at radius 1 is 1.47 bits per heavy atom. The van der Waals surface area contributed by atoms with Crippen LogP contribution in [-0.2, 0) is 13.6 Å². The maximum atomic E-state index is 4.15. The van der Waals surface area contributed by atoms with Crippen LogP contribution in [-0.4, -0.2) is 31.3 Å². The maximum Gasteiger partial charge on any atom is 0.194 e. The Kier molecular flexibility index (Phi) is 3.53. The number of nitrogens with zero attached hydrogens (tertiary/aromatic N) is 5. The van der Waals surface area contributed by atoms with E-state index in [1.165, 1.54) is 10.4 Å². The van der Waals surface area contributed by atoms with Crippen molar-refractivity contribution in [1.29, 1.82) is 0 Å². The highest BCUT2D eigenvalue weighted by Crippen LogP contribution is 2.12. The van der Waals surface area contributed by atoms with E-state index in [-0.39, 0.29) is 0 Å². The SMILES string of the molecule is CCNC(C)c1ccn(Cc2nnn(C)n2)c1. The van der Waals surface area contributed by atoms with Gasteiger partial charge >= 0.3 is 0 Å². The van der Waals surface area contributed by atoms with E-state index < -0.39 is 0 Å². The third-order valence-electron chi connectivity index (χ3n) is 2.66. The number of hydrogen-bond donors (Lipinski definition) is 1. The topological polar surface area (TPSA) is 60.6 Å². The Bertz CT molecular complexity index is 472. The van der Waals surface area contributed by atoms with Crippen LogP contribution in [0.3, 0.4) is 0 Å². The molecule has 0 saturated carbocycles. The summed E-state index contributed by atoms with van der Waals surface area (Å²) < 4.78 is 2.07. The lowest BCUT2D eigenvalue weighted by Gasteiger charge is -2.09. The first-order chi connectivity index (χ1) is 8.19. The van der Waals surface area contributed by atoms with Crippen molar-refractivity contribution in [2.75, 3.05) is 6.54 Å². The molecular weight excluding hydrogens is 216 g/mol. The molecule has 0 spiro atoms. The van der Waals surface area contributed by atoms with Crippen LogP contribution in [0.1, 0.15) is 31.3 Å². The zero-order valence-corrected chi connectivity index (χ0v) is 10.5. The highest BCUT2D eigenvalue weighted by Gasteiger charge is 2.07. The molecule has 1 unspecified atom stereocenters. The van der Waals surface area contributed by atoms with Crippen molar-refractivity contribution in [2.24, 2.45) is 7.05 Å². The quantitative estimate of drug-likeness (QED) is 0.828. The minimum atomic E-state index is 0.371. The smallest absolute Gasteiger partial charge is 0.194 e. The van der Waals surface area contributed by atoms with Gasteiger partial charge in [-0.1, -0.05) is 6.92 Å². The van der Waals surface area contributed by atoms with Gasteiger partial charge in [-0.25, -0.2) is 0 Å². The van der Waals surface area contributed by atoms with Crippen molar-refractivity contribution < 1.29 is 0 Å². The van der Waals surface area contributed by atoms with Crippen molar-refractivity contribution in [3.8, 4) is 0 Å². The Balaban J connectivity index is 2.03. The van der Waals surface area contributed by atoms with Crippen molar-refractivity contribution >= 4 is 0 Å². The molecule has 17 heavy (non-hydrogen) atoms. The fraction of sp³-hybridized carbons (Fsp3) is 0.545. The first-order valence-electron chi connectivity index (χ1n) is 5.81. The average Bonchev–Trinajstić information content (AvgIpc) is 2.89. The molecule has 2 aromatic heterocycles. The van der Waals surface area contributed by atoms with Gasteiger partial charge in [-0.05, 0) is 30.3 Å². The first kappa shape index (κ1) is 11.8. The number of rotatable bonds is 5. The van der Waals surface area contributed by atoms with Gasteiger partial charge in [0.1, 0.15) is 0 Å². The van der Waals surface area contributed by atoms with E-state index in [0.29, 0.717) is 12.6 Å². The molecule has 0 aliphatic rings. The molecule has 6 nitrogen and oxygen atoms in total.